The second-order valence-electron chi connectivity index (χ2n) is 20.9. The Balaban J connectivity index is 0.000000679. The topological polar surface area (TPSA) is 37.4 Å². The van der Waals surface area contributed by atoms with Gasteiger partial charge in [-0.25, -0.2) is 13.7 Å². The van der Waals surface area contributed by atoms with Crippen LogP contribution < -0.4 is 13.7 Å². The molecule has 0 amide bonds. The molecule has 0 fully saturated rings. The molecule has 0 bridgehead atoms. The third-order valence-corrected chi connectivity index (χ3v) is 15.7. The Bertz CT molecular complexity index is 4710. The van der Waals surface area contributed by atoms with Crippen molar-refractivity contribution in [1.82, 2.24) is 9.97 Å². The zero-order chi connectivity index (χ0) is 73.1. The summed E-state index contributed by atoms with van der Waals surface area (Å²) in [5.41, 5.74) is 22.4. The van der Waals surface area contributed by atoms with Crippen LogP contribution >= 0.6 is 0 Å². The van der Waals surface area contributed by atoms with E-state index in [9.17, 15) is 0 Å². The largest absolute Gasteiger partial charge is 0.321 e. The molecular weight excluding hydrogens is 1470 g/mol. The van der Waals surface area contributed by atoms with Gasteiger partial charge in [-0.2, -0.15) is 82.4 Å². The van der Waals surface area contributed by atoms with Crippen molar-refractivity contribution in [3.63, 3.8) is 0 Å². The third kappa shape index (κ3) is 22.7. The number of nitrogens with zero attached hydrogens (tertiary/aromatic N) is 5. The minimum Gasteiger partial charge on any atom is -0.321 e. The molecule has 0 unspecified atom stereocenters. The summed E-state index contributed by atoms with van der Waals surface area (Å²) in [4.78, 5) is 9.44. The molecule has 0 N–H and O–H groups in total. The molecule has 15 rings (SSSR count). The monoisotopic (exact) mass is 1580 g/mol. The van der Waals surface area contributed by atoms with E-state index in [4.69, 9.17) is 4.98 Å². The van der Waals surface area contributed by atoms with Crippen LogP contribution in [0.4, 0.5) is 0 Å². The summed E-state index contributed by atoms with van der Waals surface area (Å²) >= 11 is 0. The molecule has 8 aromatic carbocycles. The van der Waals surface area contributed by atoms with Crippen LogP contribution in [-0.2, 0) is 126 Å². The van der Waals surface area contributed by atoms with Gasteiger partial charge >= 0.3 is 0 Å². The molecule has 102 heavy (non-hydrogen) atoms. The van der Waals surface area contributed by atoms with Crippen LogP contribution in [0.5, 0.6) is 0 Å². The summed E-state index contributed by atoms with van der Waals surface area (Å²) in [6.45, 7) is 42.4. The molecule has 8 heteroatoms. The van der Waals surface area contributed by atoms with E-state index >= 15 is 0 Å². The molecule has 0 saturated heterocycles. The number of hydrogen-bond acceptors (Lipinski definition) is 2. The van der Waals surface area contributed by atoms with E-state index in [1.54, 1.807) is 0 Å². The van der Waals surface area contributed by atoms with Crippen LogP contribution in [0.1, 0.15) is 169 Å². The number of aromatic nitrogens is 5. The maximum Gasteiger partial charge on any atom is 0.161 e. The summed E-state index contributed by atoms with van der Waals surface area (Å²) in [6.07, 6.45) is 16.9. The standard InChI is InChI=1S/C27H20N.C25H19N2.C24H17N2.9C2H6.3Y/c1-19-23-11-5-6-12-24(23)26(18-25(19)27-13-7-8-16-28(27)2)22-15-14-20-9-3-4-10-21(20)17-22;1-17-12-13-19(15-21(17)24-11-3-4-14-27(24)2)23-16-20-9-5-7-18-8-6-10-22(26-23)25(18)20;1-16-9-10-17(14-20(16)23-8-3-4-13-26(23)2)21-15-18-11-12-25-22-7-5-6-19(21)24(18)22;9*1-2;;;/h3-16H,1-2H3;3-9,11-14H,10H2,1-2H3;3-13H,1-2H3;9*1-2H3;;;/q3*-1;;;;;;;;;;;;. The van der Waals surface area contributed by atoms with E-state index in [1.807, 2.05) is 149 Å². The number of benzene rings is 8. The maximum absolute atomic E-state index is 4.94. The maximum atomic E-state index is 4.94. The van der Waals surface area contributed by atoms with Crippen molar-refractivity contribution in [2.45, 2.75) is 152 Å². The van der Waals surface area contributed by atoms with Gasteiger partial charge in [-0.1, -0.05) is 280 Å². The Morgan fingerprint density at radius 3 is 1.45 bits per heavy atom. The average molecular weight is 1580 g/mol. The SMILES string of the molecule is CC.CC.CC.CC.CC.CC.CC.CC.CC.Cc1c(-c2cccc[n+]2C)[c-]c(-c2[c-]c3ccccc3cc2)c2ccccc12.Cc1ccc(-c2[c-]c3cccc4c3c(n2)CC=C4)[c-]c1-c1cccc[n+]1C.Cc1ccc(C2=[C-]c3ccnc4cccc2c34)[c-]c1-c1cccc[n+]1C.[Y].[Y].[Y]. The molecule has 2 aliphatic rings. The fourth-order valence-corrected chi connectivity index (χ4v) is 11.5. The second kappa shape index (κ2) is 49.9. The Morgan fingerprint density at radius 2 is 0.873 bits per heavy atom. The van der Waals surface area contributed by atoms with Crippen molar-refractivity contribution >= 4 is 54.9 Å². The predicted molar refractivity (Wildman–Crippen MR) is 430 cm³/mol. The van der Waals surface area contributed by atoms with Gasteiger partial charge in [-0.3, -0.25) is 4.98 Å². The fourth-order valence-electron chi connectivity index (χ4n) is 11.5. The van der Waals surface area contributed by atoms with E-state index < -0.39 is 0 Å². The quantitative estimate of drug-likeness (QED) is 0.123. The Morgan fingerprint density at radius 1 is 0.382 bits per heavy atom. The van der Waals surface area contributed by atoms with Crippen molar-refractivity contribution in [2.75, 3.05) is 0 Å². The summed E-state index contributed by atoms with van der Waals surface area (Å²) in [7, 11) is 6.21. The molecule has 0 aliphatic heterocycles. The van der Waals surface area contributed by atoms with E-state index in [0.29, 0.717) is 0 Å². The third-order valence-electron chi connectivity index (χ3n) is 15.7. The first-order valence-corrected chi connectivity index (χ1v) is 36.5. The number of hydrogen-bond donors (Lipinski definition) is 0. The van der Waals surface area contributed by atoms with Crippen molar-refractivity contribution in [3.05, 3.63) is 294 Å². The number of rotatable bonds is 6. The van der Waals surface area contributed by atoms with E-state index in [0.717, 1.165) is 101 Å². The van der Waals surface area contributed by atoms with Crippen LogP contribution in [0.2, 0.25) is 0 Å². The molecule has 523 valence electrons. The van der Waals surface area contributed by atoms with Crippen LogP contribution in [0.15, 0.2) is 213 Å². The molecule has 3 radical (unpaired) electrons. The minimum atomic E-state index is 0. The molecule has 0 saturated carbocycles. The summed E-state index contributed by atoms with van der Waals surface area (Å²) < 4.78 is 6.41. The number of aryl methyl sites for hydroxylation is 6. The van der Waals surface area contributed by atoms with Crippen LogP contribution in [-0.4, -0.2) is 9.97 Å². The zero-order valence-corrected chi connectivity index (χ0v) is 74.5. The molecule has 2 aliphatic carbocycles. The smallest absolute Gasteiger partial charge is 0.161 e. The van der Waals surface area contributed by atoms with Crippen molar-refractivity contribution in [2.24, 2.45) is 21.1 Å². The summed E-state index contributed by atoms with van der Waals surface area (Å²) in [5, 5.41) is 8.35. The van der Waals surface area contributed by atoms with Gasteiger partial charge in [0.25, 0.3) is 0 Å². The predicted octanol–water partition coefficient (Wildman–Crippen LogP) is 24.6. The van der Waals surface area contributed by atoms with Gasteiger partial charge in [0.15, 0.2) is 18.6 Å². The fraction of sp³-hybridized carbons (Fsp3) is 0.266. The average Bonchev–Trinajstić information content (AvgIpc) is 1.25. The van der Waals surface area contributed by atoms with Crippen LogP contribution in [0.3, 0.4) is 0 Å². The van der Waals surface area contributed by atoms with Crippen LogP contribution in [0, 0.1) is 57.2 Å². The van der Waals surface area contributed by atoms with Gasteiger partial charge in [0, 0.05) is 128 Å². The number of fused-ring (bicyclic) bond motifs is 2. The van der Waals surface area contributed by atoms with E-state index in [2.05, 4.69) is 292 Å². The minimum absolute atomic E-state index is 0. The molecular formula is C94H110N5Y3-3. The number of pyridine rings is 5. The summed E-state index contributed by atoms with van der Waals surface area (Å²) in [5.74, 6) is 0. The van der Waals surface area contributed by atoms with Gasteiger partial charge < -0.3 is 4.98 Å². The second-order valence-corrected chi connectivity index (χ2v) is 20.9. The first kappa shape index (κ1) is 93.4. The Hall–Kier alpha value is -6.66. The first-order chi connectivity index (χ1) is 48.6. The molecule has 5 nitrogen and oxygen atoms in total. The van der Waals surface area contributed by atoms with E-state index in [1.165, 1.54) is 54.7 Å². The molecule has 0 spiro atoms. The van der Waals surface area contributed by atoms with Gasteiger partial charge in [0.2, 0.25) is 0 Å². The Kier molecular flexibility index (Phi) is 45.7. The normalized spacial score (nSPS) is 10.1. The summed E-state index contributed by atoms with van der Waals surface area (Å²) in [6, 6.07) is 81.4. The molecule has 5 aromatic heterocycles. The van der Waals surface area contributed by atoms with Gasteiger partial charge in [0.1, 0.15) is 38.2 Å². The molecule has 5 heterocycles. The number of allylic oxidation sites excluding steroid dienone is 1. The van der Waals surface area contributed by atoms with Gasteiger partial charge in [0.05, 0.1) is 0 Å². The molecule has 0 atom stereocenters. The van der Waals surface area contributed by atoms with Crippen molar-refractivity contribution < 1.29 is 112 Å². The zero-order valence-electron chi connectivity index (χ0n) is 66.0. The van der Waals surface area contributed by atoms with E-state index in [-0.39, 0.29) is 98.1 Å². The Labute approximate surface area is 692 Å². The van der Waals surface area contributed by atoms with Gasteiger partial charge in [-0.05, 0) is 36.9 Å². The van der Waals surface area contributed by atoms with Gasteiger partial charge in [-0.15, -0.1) is 92.5 Å². The molecule has 13 aromatic rings. The van der Waals surface area contributed by atoms with Crippen molar-refractivity contribution in [3.8, 4) is 56.2 Å². The first-order valence-electron chi connectivity index (χ1n) is 36.5. The van der Waals surface area contributed by atoms with Crippen molar-refractivity contribution in [1.29, 1.82) is 0 Å². The van der Waals surface area contributed by atoms with Crippen LogP contribution in [0.25, 0.3) is 111 Å².